The van der Waals surface area contributed by atoms with Gasteiger partial charge in [0.25, 0.3) is 0 Å². The summed E-state index contributed by atoms with van der Waals surface area (Å²) in [6, 6.07) is 4.60. The molecule has 4 N–H and O–H groups in total. The van der Waals surface area contributed by atoms with Crippen molar-refractivity contribution in [2.45, 2.75) is 46.2 Å². The lowest BCUT2D eigenvalue weighted by Crippen LogP contribution is -2.56. The van der Waals surface area contributed by atoms with Crippen LogP contribution in [0.4, 0.5) is 0 Å². The van der Waals surface area contributed by atoms with Crippen molar-refractivity contribution in [1.82, 2.24) is 5.32 Å². The van der Waals surface area contributed by atoms with Gasteiger partial charge < -0.3 is 25.7 Å². The minimum Gasteiger partial charge on any atom is -0.548 e. The first-order valence-electron chi connectivity index (χ1n) is 9.05. The van der Waals surface area contributed by atoms with Gasteiger partial charge in [0.1, 0.15) is 17.5 Å². The minimum absolute atomic E-state index is 0.0572. The highest BCUT2D eigenvalue weighted by Gasteiger charge is 2.17. The van der Waals surface area contributed by atoms with E-state index in [4.69, 9.17) is 4.74 Å². The maximum absolute atomic E-state index is 11.2. The van der Waals surface area contributed by atoms with Crippen molar-refractivity contribution in [3.8, 4) is 5.75 Å². The molecule has 0 aliphatic heterocycles. The van der Waals surface area contributed by atoms with E-state index < -0.39 is 21.8 Å². The summed E-state index contributed by atoms with van der Waals surface area (Å²) >= 11 is 0. The molecule has 0 spiro atoms. The molecule has 0 heterocycles. The summed E-state index contributed by atoms with van der Waals surface area (Å²) in [4.78, 5) is 20.2. The van der Waals surface area contributed by atoms with E-state index in [0.717, 1.165) is 16.9 Å². The van der Waals surface area contributed by atoms with Crippen LogP contribution in [0.25, 0.3) is 0 Å². The first-order valence-corrected chi connectivity index (χ1v) is 11.1. The molecule has 0 aliphatic carbocycles. The largest absolute Gasteiger partial charge is 0.548 e. The molecule has 0 saturated heterocycles. The molecule has 2 atom stereocenters. The number of benzene rings is 1. The zero-order valence-corrected chi connectivity index (χ0v) is 18.0. The van der Waals surface area contributed by atoms with Gasteiger partial charge in [0.15, 0.2) is 9.84 Å². The molecule has 0 saturated carbocycles. The lowest BCUT2D eigenvalue weighted by Gasteiger charge is -2.18. The molecular formula is C19H32N2O6S. The summed E-state index contributed by atoms with van der Waals surface area (Å²) in [5, 5.41) is 12.5. The van der Waals surface area contributed by atoms with Crippen LogP contribution < -0.4 is 20.9 Å². The summed E-state index contributed by atoms with van der Waals surface area (Å²) in [6.45, 7) is 8.23. The predicted molar refractivity (Wildman–Crippen MR) is 105 cm³/mol. The average Bonchev–Trinajstić information content (AvgIpc) is 2.55. The lowest BCUT2D eigenvalue weighted by atomic mass is 10.0. The Hall–Kier alpha value is -2.13. The number of ether oxygens (including phenoxy) is 1. The van der Waals surface area contributed by atoms with Crippen molar-refractivity contribution in [2.75, 3.05) is 18.6 Å². The Morgan fingerprint density at radius 1 is 1.36 bits per heavy atom. The number of carbonyl (C=O) groups is 2. The zero-order valence-electron chi connectivity index (χ0n) is 17.2. The average molecular weight is 417 g/mol. The van der Waals surface area contributed by atoms with E-state index >= 15 is 0 Å². The first-order chi connectivity index (χ1) is 12.9. The fourth-order valence-corrected chi connectivity index (χ4v) is 3.35. The lowest BCUT2D eigenvalue weighted by molar-refractivity contribution is -0.418. The molecule has 9 heteroatoms. The number of rotatable bonds is 10. The third-order valence-corrected chi connectivity index (χ3v) is 4.76. The van der Waals surface area contributed by atoms with Crippen LogP contribution in [-0.4, -0.2) is 45.5 Å². The summed E-state index contributed by atoms with van der Waals surface area (Å²) in [5.74, 6) is -0.148. The van der Waals surface area contributed by atoms with Crippen LogP contribution in [0.3, 0.4) is 0 Å². The van der Waals surface area contributed by atoms with Crippen LogP contribution in [-0.2, 0) is 19.4 Å². The monoisotopic (exact) mass is 416 g/mol. The summed E-state index contributed by atoms with van der Waals surface area (Å²) in [6.07, 6.45) is 2.01. The number of hydrogen-bond acceptors (Lipinski definition) is 6. The number of hydrogen-bond donors (Lipinski definition) is 2. The van der Waals surface area contributed by atoms with Crippen LogP contribution in [0.15, 0.2) is 18.2 Å². The molecule has 1 aromatic rings. The molecule has 28 heavy (non-hydrogen) atoms. The summed E-state index contributed by atoms with van der Waals surface area (Å²) in [5.41, 5.74) is 5.83. The SMILES string of the molecule is CC(C)C[C@H](NC=O)C(=O)[O-].CCOc1cc([C@H]([NH3+])CS(C)(=O)=O)ccc1C. The van der Waals surface area contributed by atoms with Crippen molar-refractivity contribution < 1.29 is 33.6 Å². The van der Waals surface area contributed by atoms with Crippen LogP contribution in [0.2, 0.25) is 0 Å². The highest BCUT2D eigenvalue weighted by atomic mass is 32.2. The Balaban J connectivity index is 0.000000576. The maximum atomic E-state index is 11.2. The summed E-state index contributed by atoms with van der Waals surface area (Å²) < 4.78 is 27.9. The normalized spacial score (nSPS) is 13.1. The number of carboxylic acids is 1. The van der Waals surface area contributed by atoms with Crippen LogP contribution in [0.1, 0.15) is 44.4 Å². The smallest absolute Gasteiger partial charge is 0.207 e. The van der Waals surface area contributed by atoms with Crippen molar-refractivity contribution in [2.24, 2.45) is 5.92 Å². The van der Waals surface area contributed by atoms with Gasteiger partial charge in [-0.25, -0.2) is 8.42 Å². The van der Waals surface area contributed by atoms with Crippen molar-refractivity contribution >= 4 is 22.2 Å². The van der Waals surface area contributed by atoms with Gasteiger partial charge in [-0.05, 0) is 37.8 Å². The molecule has 8 nitrogen and oxygen atoms in total. The quantitative estimate of drug-likeness (QED) is 0.498. The highest BCUT2D eigenvalue weighted by Crippen LogP contribution is 2.22. The molecule has 160 valence electrons. The molecular weight excluding hydrogens is 384 g/mol. The van der Waals surface area contributed by atoms with Gasteiger partial charge in [-0.15, -0.1) is 0 Å². The molecule has 1 aromatic carbocycles. The molecule has 0 aromatic heterocycles. The third kappa shape index (κ3) is 10.9. The van der Waals surface area contributed by atoms with E-state index in [1.165, 1.54) is 6.26 Å². The topological polar surface area (TPSA) is 140 Å². The Morgan fingerprint density at radius 3 is 2.39 bits per heavy atom. The number of nitrogens with one attached hydrogen (secondary N) is 1. The van der Waals surface area contributed by atoms with E-state index in [9.17, 15) is 23.1 Å². The Labute approximate surface area is 167 Å². The molecule has 1 rings (SSSR count). The molecule has 0 bridgehead atoms. The minimum atomic E-state index is -3.01. The van der Waals surface area contributed by atoms with Crippen molar-refractivity contribution in [3.05, 3.63) is 29.3 Å². The second kappa shape index (κ2) is 12.4. The van der Waals surface area contributed by atoms with Gasteiger partial charge in [-0.1, -0.05) is 26.0 Å². The van der Waals surface area contributed by atoms with Gasteiger partial charge in [-0.3, -0.25) is 4.79 Å². The molecule has 0 unspecified atom stereocenters. The maximum Gasteiger partial charge on any atom is 0.207 e. The van der Waals surface area contributed by atoms with E-state index in [1.54, 1.807) is 0 Å². The van der Waals surface area contributed by atoms with Crippen molar-refractivity contribution in [3.63, 3.8) is 0 Å². The van der Waals surface area contributed by atoms with E-state index in [1.807, 2.05) is 45.9 Å². The molecule has 1 amide bonds. The van der Waals surface area contributed by atoms with E-state index in [2.05, 4.69) is 11.1 Å². The van der Waals surface area contributed by atoms with Crippen LogP contribution in [0, 0.1) is 12.8 Å². The number of carboxylic acid groups (broad SMARTS) is 1. The molecule has 0 radical (unpaired) electrons. The Bertz CT molecular complexity index is 734. The third-order valence-electron chi connectivity index (χ3n) is 3.75. The van der Waals surface area contributed by atoms with Gasteiger partial charge in [0.05, 0.1) is 18.6 Å². The fourth-order valence-electron chi connectivity index (χ4n) is 2.43. The molecule has 0 fully saturated rings. The second-order valence-electron chi connectivity index (χ2n) is 7.03. The van der Waals surface area contributed by atoms with E-state index in [-0.39, 0.29) is 17.7 Å². The number of carbonyl (C=O) groups excluding carboxylic acids is 2. The van der Waals surface area contributed by atoms with E-state index in [0.29, 0.717) is 19.4 Å². The van der Waals surface area contributed by atoms with Crippen LogP contribution in [0.5, 0.6) is 5.75 Å². The zero-order chi connectivity index (χ0) is 21.9. The van der Waals surface area contributed by atoms with Gasteiger partial charge >= 0.3 is 0 Å². The fraction of sp³-hybridized carbons (Fsp3) is 0.579. The second-order valence-corrected chi connectivity index (χ2v) is 9.22. The first kappa shape index (κ1) is 25.9. The Kier molecular flexibility index (Phi) is 11.4. The van der Waals surface area contributed by atoms with Gasteiger partial charge in [0.2, 0.25) is 6.41 Å². The Morgan fingerprint density at radius 2 is 1.96 bits per heavy atom. The predicted octanol–water partition coefficient (Wildman–Crippen LogP) is -0.382. The number of aliphatic carboxylic acids is 1. The summed E-state index contributed by atoms with van der Waals surface area (Å²) in [7, 11) is -3.01. The highest BCUT2D eigenvalue weighted by molar-refractivity contribution is 7.90. The van der Waals surface area contributed by atoms with Crippen LogP contribution >= 0.6 is 0 Å². The number of amides is 1. The van der Waals surface area contributed by atoms with Gasteiger partial charge in [-0.2, -0.15) is 0 Å². The number of aryl methyl sites for hydroxylation is 1. The number of quaternary nitrogens is 1. The standard InChI is InChI=1S/C12H19NO3S.C7H13NO3/c1-4-16-12-7-10(6-5-9(12)2)11(13)8-17(3,14)15;1-5(2)3-6(7(10)11)8-4-9/h5-7,11H,4,8,13H2,1-3H3;4-6H,3H2,1-2H3,(H,8,9)(H,10,11)/t11-;6-/m10/s1. The molecule has 0 aliphatic rings. The van der Waals surface area contributed by atoms with Crippen molar-refractivity contribution in [1.29, 1.82) is 0 Å². The van der Waals surface area contributed by atoms with Gasteiger partial charge in [0, 0.05) is 11.8 Å². The number of sulfone groups is 1.